The van der Waals surface area contributed by atoms with Crippen LogP contribution < -0.4 is 5.43 Å². The van der Waals surface area contributed by atoms with E-state index in [-0.39, 0.29) is 22.4 Å². The zero-order valence-corrected chi connectivity index (χ0v) is 11.3. The van der Waals surface area contributed by atoms with Crippen LogP contribution in [0.15, 0.2) is 42.5 Å². The third kappa shape index (κ3) is 2.74. The van der Waals surface area contributed by atoms with Crippen molar-refractivity contribution in [1.82, 2.24) is 5.43 Å². The Labute approximate surface area is 113 Å². The third-order valence-electron chi connectivity index (χ3n) is 3.56. The SMILES string of the molecule is CC(C)[N+]1(CCc2ccccc2)NC(=O)C=CC1=O. The van der Waals surface area contributed by atoms with Crippen LogP contribution in [0.4, 0.5) is 0 Å². The maximum atomic E-state index is 12.2. The quantitative estimate of drug-likeness (QED) is 0.835. The van der Waals surface area contributed by atoms with E-state index in [0.29, 0.717) is 6.54 Å². The second-order valence-corrected chi connectivity index (χ2v) is 5.07. The molecule has 1 aliphatic rings. The Bertz CT molecular complexity index is 508. The van der Waals surface area contributed by atoms with Gasteiger partial charge in [-0.25, -0.2) is 4.79 Å². The van der Waals surface area contributed by atoms with E-state index in [9.17, 15) is 9.59 Å². The van der Waals surface area contributed by atoms with E-state index in [0.717, 1.165) is 12.0 Å². The molecule has 100 valence electrons. The highest BCUT2D eigenvalue weighted by molar-refractivity contribution is 5.97. The Kier molecular flexibility index (Phi) is 3.81. The molecule has 4 heteroatoms. The second kappa shape index (κ2) is 5.36. The smallest absolute Gasteiger partial charge is 0.265 e. The lowest BCUT2D eigenvalue weighted by molar-refractivity contribution is -0.907. The molecule has 2 rings (SSSR count). The Morgan fingerprint density at radius 3 is 2.42 bits per heavy atom. The number of nitrogens with one attached hydrogen (secondary N) is 1. The molecule has 0 bridgehead atoms. The summed E-state index contributed by atoms with van der Waals surface area (Å²) in [7, 11) is 0. The fourth-order valence-electron chi connectivity index (χ4n) is 2.33. The van der Waals surface area contributed by atoms with Gasteiger partial charge in [0.25, 0.3) is 5.91 Å². The number of amides is 2. The van der Waals surface area contributed by atoms with Crippen LogP contribution in [0.3, 0.4) is 0 Å². The monoisotopic (exact) mass is 259 g/mol. The number of carbonyl (C=O) groups is 2. The number of benzene rings is 1. The van der Waals surface area contributed by atoms with Gasteiger partial charge in [0, 0.05) is 12.5 Å². The zero-order chi connectivity index (χ0) is 13.9. The minimum atomic E-state index is -0.207. The molecule has 0 aromatic heterocycles. The van der Waals surface area contributed by atoms with Crippen molar-refractivity contribution < 1.29 is 14.2 Å². The molecule has 19 heavy (non-hydrogen) atoms. The summed E-state index contributed by atoms with van der Waals surface area (Å²) >= 11 is 0. The Morgan fingerprint density at radius 1 is 1.11 bits per heavy atom. The summed E-state index contributed by atoms with van der Waals surface area (Å²) in [6.07, 6.45) is 3.42. The molecule has 0 radical (unpaired) electrons. The molecule has 0 saturated heterocycles. The maximum Gasteiger partial charge on any atom is 0.363 e. The van der Waals surface area contributed by atoms with Crippen LogP contribution in [0.25, 0.3) is 0 Å². The van der Waals surface area contributed by atoms with Gasteiger partial charge in [0.05, 0.1) is 6.08 Å². The Morgan fingerprint density at radius 2 is 1.79 bits per heavy atom. The Balaban J connectivity index is 2.19. The molecule has 1 aromatic rings. The average Bonchev–Trinajstić information content (AvgIpc) is 2.41. The zero-order valence-electron chi connectivity index (χ0n) is 11.3. The first-order valence-electron chi connectivity index (χ1n) is 6.51. The summed E-state index contributed by atoms with van der Waals surface area (Å²) in [5.41, 5.74) is 3.98. The van der Waals surface area contributed by atoms with Gasteiger partial charge < -0.3 is 0 Å². The van der Waals surface area contributed by atoms with Crippen molar-refractivity contribution in [3.05, 3.63) is 48.0 Å². The van der Waals surface area contributed by atoms with Gasteiger partial charge >= 0.3 is 5.91 Å². The predicted molar refractivity (Wildman–Crippen MR) is 72.7 cm³/mol. The number of hydrogen-bond acceptors (Lipinski definition) is 2. The van der Waals surface area contributed by atoms with Crippen molar-refractivity contribution in [2.45, 2.75) is 26.3 Å². The van der Waals surface area contributed by atoms with Crippen molar-refractivity contribution >= 4 is 11.8 Å². The number of carbonyl (C=O) groups excluding carboxylic acids is 2. The van der Waals surface area contributed by atoms with Gasteiger partial charge in [-0.15, -0.1) is 0 Å². The predicted octanol–water partition coefficient (Wildman–Crippen LogP) is 1.58. The van der Waals surface area contributed by atoms with E-state index in [4.69, 9.17) is 0 Å². The molecule has 1 aliphatic heterocycles. The van der Waals surface area contributed by atoms with Gasteiger partial charge in [-0.1, -0.05) is 30.3 Å². The first kappa shape index (κ1) is 13.5. The van der Waals surface area contributed by atoms with Crippen molar-refractivity contribution in [3.63, 3.8) is 0 Å². The van der Waals surface area contributed by atoms with E-state index in [1.54, 1.807) is 0 Å². The summed E-state index contributed by atoms with van der Waals surface area (Å²) in [5.74, 6) is -0.271. The van der Waals surface area contributed by atoms with Crippen LogP contribution in [0.5, 0.6) is 0 Å². The number of hydrogen-bond donors (Lipinski definition) is 1. The van der Waals surface area contributed by atoms with Gasteiger partial charge in [-0.05, 0) is 19.4 Å². The second-order valence-electron chi connectivity index (χ2n) is 5.07. The molecule has 0 fully saturated rings. The molecular formula is C15H19N2O2+. The van der Waals surface area contributed by atoms with Crippen LogP contribution in [0.2, 0.25) is 0 Å². The molecule has 1 aromatic carbocycles. The lowest BCUT2D eigenvalue weighted by Crippen LogP contribution is -2.68. The van der Waals surface area contributed by atoms with Crippen molar-refractivity contribution in [2.24, 2.45) is 0 Å². The van der Waals surface area contributed by atoms with Crippen molar-refractivity contribution in [3.8, 4) is 0 Å². The maximum absolute atomic E-state index is 12.2. The number of nitrogens with zero attached hydrogens (tertiary/aromatic N) is 1. The van der Waals surface area contributed by atoms with Crippen LogP contribution in [-0.2, 0) is 16.0 Å². The molecular weight excluding hydrogens is 240 g/mol. The molecule has 2 amide bonds. The molecule has 0 saturated carbocycles. The first-order valence-corrected chi connectivity index (χ1v) is 6.51. The Hall–Kier alpha value is -1.94. The third-order valence-corrected chi connectivity index (χ3v) is 3.56. The normalized spacial score (nSPS) is 22.7. The fourth-order valence-corrected chi connectivity index (χ4v) is 2.33. The van der Waals surface area contributed by atoms with Gasteiger partial charge in [0.1, 0.15) is 12.6 Å². The molecule has 0 aliphatic carbocycles. The molecule has 1 heterocycles. The van der Waals surface area contributed by atoms with E-state index >= 15 is 0 Å². The van der Waals surface area contributed by atoms with Gasteiger partial charge in [0.15, 0.2) is 0 Å². The summed E-state index contributed by atoms with van der Waals surface area (Å²) in [6, 6.07) is 9.99. The van der Waals surface area contributed by atoms with E-state index in [2.05, 4.69) is 5.43 Å². The molecule has 1 N–H and O–H groups in total. The van der Waals surface area contributed by atoms with E-state index < -0.39 is 0 Å². The van der Waals surface area contributed by atoms with E-state index in [1.165, 1.54) is 12.2 Å². The molecule has 0 spiro atoms. The first-order chi connectivity index (χ1) is 9.04. The van der Waals surface area contributed by atoms with Gasteiger partial charge in [-0.2, -0.15) is 10.0 Å². The molecule has 1 unspecified atom stereocenters. The lowest BCUT2D eigenvalue weighted by Gasteiger charge is -2.38. The van der Waals surface area contributed by atoms with Crippen LogP contribution in [-0.4, -0.2) is 29.0 Å². The minimum absolute atomic E-state index is 0.00473. The number of rotatable bonds is 4. The van der Waals surface area contributed by atoms with Crippen LogP contribution in [0, 0.1) is 0 Å². The summed E-state index contributed by atoms with van der Waals surface area (Å²) in [5, 5.41) is 0. The largest absolute Gasteiger partial charge is 0.363 e. The topological polar surface area (TPSA) is 46.2 Å². The van der Waals surface area contributed by atoms with Gasteiger partial charge in [0.2, 0.25) is 0 Å². The highest BCUT2D eigenvalue weighted by Crippen LogP contribution is 2.16. The summed E-state index contributed by atoms with van der Waals surface area (Å²) < 4.78 is -0.00969. The van der Waals surface area contributed by atoms with Crippen LogP contribution >= 0.6 is 0 Å². The van der Waals surface area contributed by atoms with Gasteiger partial charge in [-0.3, -0.25) is 4.79 Å². The van der Waals surface area contributed by atoms with Crippen molar-refractivity contribution in [2.75, 3.05) is 6.54 Å². The standard InChI is InChI=1S/C15H18N2O2/c1-12(2)17(15(19)9-8-14(18)16-17)11-10-13-6-4-3-5-7-13/h3-9,12H,10-11H2,1-2H3/p+1. The average molecular weight is 259 g/mol. The van der Waals surface area contributed by atoms with Crippen molar-refractivity contribution in [1.29, 1.82) is 0 Å². The molecule has 4 nitrogen and oxygen atoms in total. The van der Waals surface area contributed by atoms with E-state index in [1.807, 2.05) is 44.2 Å². The summed E-state index contributed by atoms with van der Waals surface area (Å²) in [4.78, 5) is 23.8. The highest BCUT2D eigenvalue weighted by Gasteiger charge is 2.42. The summed E-state index contributed by atoms with van der Waals surface area (Å²) in [6.45, 7) is 4.46. The minimum Gasteiger partial charge on any atom is -0.265 e. The highest BCUT2D eigenvalue weighted by atomic mass is 16.2. The lowest BCUT2D eigenvalue weighted by atomic mass is 10.1. The fraction of sp³-hybridized carbons (Fsp3) is 0.333. The number of quaternary nitrogens is 1. The molecule has 1 atom stereocenters. The van der Waals surface area contributed by atoms with Crippen LogP contribution in [0.1, 0.15) is 19.4 Å².